The fourth-order valence-electron chi connectivity index (χ4n) is 2.45. The Morgan fingerprint density at radius 1 is 1.19 bits per heavy atom. The van der Waals surface area contributed by atoms with Crippen LogP contribution in [-0.4, -0.2) is 23.9 Å². The number of carbonyl (C=O) groups excluding carboxylic acids is 1. The van der Waals surface area contributed by atoms with Crippen LogP contribution < -0.4 is 5.73 Å². The number of amides is 1. The molecule has 1 unspecified atom stereocenters. The quantitative estimate of drug-likeness (QED) is 0.836. The zero-order chi connectivity index (χ0) is 15.2. The second kappa shape index (κ2) is 9.06. The average Bonchev–Trinajstić information content (AvgIpc) is 2.49. The van der Waals surface area contributed by atoms with Crippen molar-refractivity contribution < 1.29 is 4.79 Å². The molecule has 0 aliphatic heterocycles. The van der Waals surface area contributed by atoms with Gasteiger partial charge in [0.1, 0.15) is 5.54 Å². The third kappa shape index (κ3) is 5.01. The number of nitrogens with two attached hydrogens (primary N) is 1. The fraction of sp³-hybridized carbons (Fsp3) is 0.588. The predicted octanol–water partition coefficient (Wildman–Crippen LogP) is 3.57. The lowest BCUT2D eigenvalue weighted by molar-refractivity contribution is -0.137. The van der Waals surface area contributed by atoms with Crippen molar-refractivity contribution in [1.29, 1.82) is 0 Å². The van der Waals surface area contributed by atoms with E-state index in [-0.39, 0.29) is 18.3 Å². The van der Waals surface area contributed by atoms with Crippen molar-refractivity contribution in [3.05, 3.63) is 35.9 Å². The Labute approximate surface area is 135 Å². The number of nitrogens with zero attached hydrogens (tertiary/aromatic N) is 1. The lowest BCUT2D eigenvalue weighted by atomic mass is 9.91. The van der Waals surface area contributed by atoms with Gasteiger partial charge in [-0.05, 0) is 25.3 Å². The van der Waals surface area contributed by atoms with E-state index in [0.29, 0.717) is 12.5 Å². The summed E-state index contributed by atoms with van der Waals surface area (Å²) >= 11 is 0. The molecule has 3 nitrogen and oxygen atoms in total. The zero-order valence-electron chi connectivity index (χ0n) is 13.6. The molecule has 21 heavy (non-hydrogen) atoms. The van der Waals surface area contributed by atoms with Crippen LogP contribution in [0, 0.1) is 5.92 Å². The molecule has 1 amide bonds. The van der Waals surface area contributed by atoms with Crippen LogP contribution in [0.15, 0.2) is 30.3 Å². The first-order chi connectivity index (χ1) is 9.47. The topological polar surface area (TPSA) is 46.3 Å². The van der Waals surface area contributed by atoms with E-state index in [4.69, 9.17) is 5.73 Å². The van der Waals surface area contributed by atoms with Crippen LogP contribution in [-0.2, 0) is 10.3 Å². The van der Waals surface area contributed by atoms with Gasteiger partial charge < -0.3 is 10.6 Å². The van der Waals surface area contributed by atoms with E-state index in [1.54, 1.807) is 6.92 Å². The Kier molecular flexibility index (Phi) is 8.60. The lowest BCUT2D eigenvalue weighted by Crippen LogP contribution is -2.52. The predicted molar refractivity (Wildman–Crippen MR) is 91.6 cm³/mol. The second-order valence-corrected chi connectivity index (χ2v) is 5.59. The van der Waals surface area contributed by atoms with E-state index in [2.05, 4.69) is 13.8 Å². The summed E-state index contributed by atoms with van der Waals surface area (Å²) in [5, 5.41) is 0. The minimum absolute atomic E-state index is 0. The van der Waals surface area contributed by atoms with E-state index in [1.165, 1.54) is 0 Å². The Bertz CT molecular complexity index is 416. The van der Waals surface area contributed by atoms with Crippen molar-refractivity contribution in [3.8, 4) is 0 Å². The molecule has 4 heteroatoms. The first kappa shape index (κ1) is 19.9. The summed E-state index contributed by atoms with van der Waals surface area (Å²) in [5.74, 6) is 0.559. The normalized spacial score (nSPS) is 13.4. The molecule has 120 valence electrons. The highest BCUT2D eigenvalue weighted by molar-refractivity contribution is 5.87. The van der Waals surface area contributed by atoms with Gasteiger partial charge in [-0.2, -0.15) is 0 Å². The lowest BCUT2D eigenvalue weighted by Gasteiger charge is -2.33. The first-order valence-corrected chi connectivity index (χ1v) is 7.61. The third-order valence-corrected chi connectivity index (χ3v) is 4.12. The van der Waals surface area contributed by atoms with Gasteiger partial charge in [0, 0.05) is 13.1 Å². The van der Waals surface area contributed by atoms with Crippen LogP contribution in [0.4, 0.5) is 0 Å². The summed E-state index contributed by atoms with van der Waals surface area (Å²) in [6, 6.07) is 9.62. The van der Waals surface area contributed by atoms with Gasteiger partial charge in [0.25, 0.3) is 0 Å². The fourth-order valence-corrected chi connectivity index (χ4v) is 2.45. The monoisotopic (exact) mass is 312 g/mol. The minimum atomic E-state index is -0.955. The van der Waals surface area contributed by atoms with Crippen LogP contribution in [0.1, 0.15) is 46.1 Å². The standard InChI is InChI=1S/C17H28N2O.ClH/c1-5-14(6-2)13-19(7-3)16(20)17(4,18)15-11-9-8-10-12-15;/h8-12,14H,5-7,13,18H2,1-4H3;1H. The summed E-state index contributed by atoms with van der Waals surface area (Å²) in [6.45, 7) is 9.66. The number of benzene rings is 1. The highest BCUT2D eigenvalue weighted by Gasteiger charge is 2.34. The van der Waals surface area contributed by atoms with E-state index in [1.807, 2.05) is 42.2 Å². The maximum Gasteiger partial charge on any atom is 0.246 e. The van der Waals surface area contributed by atoms with E-state index in [9.17, 15) is 4.79 Å². The van der Waals surface area contributed by atoms with Crippen LogP contribution in [0.2, 0.25) is 0 Å². The highest BCUT2D eigenvalue weighted by Crippen LogP contribution is 2.21. The molecule has 0 saturated heterocycles. The molecular formula is C17H29ClN2O. The Balaban J connectivity index is 0.00000400. The van der Waals surface area contributed by atoms with Crippen LogP contribution in [0.25, 0.3) is 0 Å². The molecule has 0 bridgehead atoms. The summed E-state index contributed by atoms with van der Waals surface area (Å²) < 4.78 is 0. The van der Waals surface area contributed by atoms with Gasteiger partial charge in [-0.1, -0.05) is 57.0 Å². The Morgan fingerprint density at radius 3 is 2.14 bits per heavy atom. The molecule has 0 radical (unpaired) electrons. The van der Waals surface area contributed by atoms with Crippen molar-refractivity contribution >= 4 is 18.3 Å². The van der Waals surface area contributed by atoms with Gasteiger partial charge in [-0.15, -0.1) is 12.4 Å². The minimum Gasteiger partial charge on any atom is -0.341 e. The molecule has 0 aliphatic rings. The van der Waals surface area contributed by atoms with Crippen LogP contribution in [0.5, 0.6) is 0 Å². The van der Waals surface area contributed by atoms with Crippen molar-refractivity contribution in [1.82, 2.24) is 4.90 Å². The largest absolute Gasteiger partial charge is 0.341 e. The summed E-state index contributed by atoms with van der Waals surface area (Å²) in [7, 11) is 0. The van der Waals surface area contributed by atoms with Crippen molar-refractivity contribution in [2.75, 3.05) is 13.1 Å². The van der Waals surface area contributed by atoms with Gasteiger partial charge in [-0.25, -0.2) is 0 Å². The Morgan fingerprint density at radius 2 is 1.71 bits per heavy atom. The molecule has 1 aromatic carbocycles. The Hall–Kier alpha value is -1.06. The van der Waals surface area contributed by atoms with Gasteiger partial charge in [0.05, 0.1) is 0 Å². The summed E-state index contributed by atoms with van der Waals surface area (Å²) in [4.78, 5) is 14.7. The summed E-state index contributed by atoms with van der Waals surface area (Å²) in [6.07, 6.45) is 2.18. The van der Waals surface area contributed by atoms with Gasteiger partial charge in [0.2, 0.25) is 5.91 Å². The molecular weight excluding hydrogens is 284 g/mol. The molecule has 2 N–H and O–H groups in total. The molecule has 1 aromatic rings. The van der Waals surface area contributed by atoms with Crippen LogP contribution in [0.3, 0.4) is 0 Å². The molecule has 1 rings (SSSR count). The molecule has 0 aliphatic carbocycles. The molecule has 0 heterocycles. The second-order valence-electron chi connectivity index (χ2n) is 5.59. The SMILES string of the molecule is CCC(CC)CN(CC)C(=O)C(C)(N)c1ccccc1.Cl. The highest BCUT2D eigenvalue weighted by atomic mass is 35.5. The molecule has 0 saturated carbocycles. The molecule has 0 aromatic heterocycles. The summed E-state index contributed by atoms with van der Waals surface area (Å²) in [5.41, 5.74) is 6.24. The van der Waals surface area contributed by atoms with E-state index in [0.717, 1.165) is 24.9 Å². The third-order valence-electron chi connectivity index (χ3n) is 4.12. The smallest absolute Gasteiger partial charge is 0.246 e. The maximum atomic E-state index is 12.8. The number of rotatable bonds is 7. The molecule has 0 fully saturated rings. The van der Waals surface area contributed by atoms with Crippen molar-refractivity contribution in [2.24, 2.45) is 11.7 Å². The molecule has 1 atom stereocenters. The average molecular weight is 313 g/mol. The van der Waals surface area contributed by atoms with Gasteiger partial charge in [-0.3, -0.25) is 4.79 Å². The van der Waals surface area contributed by atoms with E-state index < -0.39 is 5.54 Å². The number of hydrogen-bond donors (Lipinski definition) is 1. The number of likely N-dealkylation sites (N-methyl/N-ethyl adjacent to an activating group) is 1. The maximum absolute atomic E-state index is 12.8. The molecule has 0 spiro atoms. The first-order valence-electron chi connectivity index (χ1n) is 7.61. The number of carbonyl (C=O) groups is 1. The van der Waals surface area contributed by atoms with E-state index >= 15 is 0 Å². The van der Waals surface area contributed by atoms with Crippen LogP contribution >= 0.6 is 12.4 Å². The van der Waals surface area contributed by atoms with Crippen molar-refractivity contribution in [3.63, 3.8) is 0 Å². The van der Waals surface area contributed by atoms with Crippen molar-refractivity contribution in [2.45, 2.75) is 46.1 Å². The number of halogens is 1. The zero-order valence-corrected chi connectivity index (χ0v) is 14.5. The van der Waals surface area contributed by atoms with Gasteiger partial charge in [0.15, 0.2) is 0 Å². The number of hydrogen-bond acceptors (Lipinski definition) is 2. The van der Waals surface area contributed by atoms with Gasteiger partial charge >= 0.3 is 0 Å².